The molecule has 0 radical (unpaired) electrons. The molecule has 2 heterocycles. The van der Waals surface area contributed by atoms with Crippen molar-refractivity contribution >= 4 is 17.9 Å². The molecule has 2 aliphatic rings. The van der Waals surface area contributed by atoms with Crippen LogP contribution in [0.15, 0.2) is 59.8 Å². The topological polar surface area (TPSA) is 82.2 Å². The van der Waals surface area contributed by atoms with E-state index < -0.39 is 12.0 Å². The summed E-state index contributed by atoms with van der Waals surface area (Å²) in [4.78, 5) is 45.1. The molecule has 202 valence electrons. The molecule has 0 spiro atoms. The minimum Gasteiger partial charge on any atom is -0.463 e. The van der Waals surface area contributed by atoms with Crippen LogP contribution < -0.4 is 5.32 Å². The molecular formula is C29H35FN4O4. The lowest BCUT2D eigenvalue weighted by atomic mass is 9.93. The van der Waals surface area contributed by atoms with Crippen molar-refractivity contribution in [1.29, 1.82) is 0 Å². The average Bonchev–Trinajstić information content (AvgIpc) is 3.14. The standard InChI is InChI=1S/C29H35FN4O4/c1-4-34-24(19-32-14-7-15-33(17-16-32)27(35)21-10-12-23(30)13-11-21)25(28(36)38-5-2)26(31-29(34)37)22-9-6-8-20(3)18-22/h6,8-13,18,26H,4-5,7,14-17,19H2,1-3H3,(H,31,37)/t26-/m0/s1. The van der Waals surface area contributed by atoms with Crippen molar-refractivity contribution in [2.75, 3.05) is 45.9 Å². The maximum Gasteiger partial charge on any atom is 0.338 e. The van der Waals surface area contributed by atoms with E-state index in [0.29, 0.717) is 56.1 Å². The highest BCUT2D eigenvalue weighted by molar-refractivity contribution is 5.95. The first-order valence-corrected chi connectivity index (χ1v) is 13.1. The van der Waals surface area contributed by atoms with Crippen molar-refractivity contribution in [3.63, 3.8) is 0 Å². The summed E-state index contributed by atoms with van der Waals surface area (Å²) in [5.74, 6) is -0.962. The molecular weight excluding hydrogens is 487 g/mol. The van der Waals surface area contributed by atoms with Crippen LogP contribution >= 0.6 is 0 Å². The summed E-state index contributed by atoms with van der Waals surface area (Å²) in [5.41, 5.74) is 3.36. The van der Waals surface area contributed by atoms with E-state index in [4.69, 9.17) is 4.74 Å². The third kappa shape index (κ3) is 6.05. The molecule has 1 saturated heterocycles. The van der Waals surface area contributed by atoms with Gasteiger partial charge in [-0.25, -0.2) is 14.0 Å². The van der Waals surface area contributed by atoms with Gasteiger partial charge >= 0.3 is 12.0 Å². The van der Waals surface area contributed by atoms with Crippen molar-refractivity contribution in [2.45, 2.75) is 33.2 Å². The molecule has 2 aromatic rings. The molecule has 1 N–H and O–H groups in total. The lowest BCUT2D eigenvalue weighted by Gasteiger charge is -2.38. The van der Waals surface area contributed by atoms with Crippen LogP contribution in [-0.4, -0.2) is 78.5 Å². The van der Waals surface area contributed by atoms with Crippen LogP contribution in [0.1, 0.15) is 47.8 Å². The van der Waals surface area contributed by atoms with E-state index in [9.17, 15) is 18.8 Å². The zero-order valence-corrected chi connectivity index (χ0v) is 22.2. The number of halogens is 1. The average molecular weight is 523 g/mol. The number of esters is 1. The predicted molar refractivity (Wildman–Crippen MR) is 142 cm³/mol. The highest BCUT2D eigenvalue weighted by atomic mass is 19.1. The van der Waals surface area contributed by atoms with Gasteiger partial charge < -0.3 is 15.0 Å². The Hall–Kier alpha value is -3.72. The van der Waals surface area contributed by atoms with Crippen molar-refractivity contribution in [3.8, 4) is 0 Å². The Labute approximate surface area is 223 Å². The largest absolute Gasteiger partial charge is 0.463 e. The van der Waals surface area contributed by atoms with Crippen molar-refractivity contribution in [3.05, 3.63) is 82.3 Å². The third-order valence-electron chi connectivity index (χ3n) is 6.97. The Kier molecular flexibility index (Phi) is 8.78. The molecule has 0 aliphatic carbocycles. The first-order chi connectivity index (χ1) is 18.3. The monoisotopic (exact) mass is 522 g/mol. The van der Waals surface area contributed by atoms with Gasteiger partial charge in [0.1, 0.15) is 5.82 Å². The number of likely N-dealkylation sites (N-methyl/N-ethyl adjacent to an activating group) is 1. The second-order valence-electron chi connectivity index (χ2n) is 9.55. The van der Waals surface area contributed by atoms with Crippen molar-refractivity contribution in [1.82, 2.24) is 20.0 Å². The van der Waals surface area contributed by atoms with Crippen LogP contribution in [0.2, 0.25) is 0 Å². The molecule has 0 unspecified atom stereocenters. The molecule has 9 heteroatoms. The van der Waals surface area contributed by atoms with Crippen LogP contribution in [-0.2, 0) is 9.53 Å². The van der Waals surface area contributed by atoms with E-state index >= 15 is 0 Å². The Balaban J connectivity index is 1.62. The zero-order chi connectivity index (χ0) is 27.2. The van der Waals surface area contributed by atoms with E-state index in [2.05, 4.69) is 10.2 Å². The van der Waals surface area contributed by atoms with Crippen LogP contribution in [0.4, 0.5) is 9.18 Å². The fourth-order valence-electron chi connectivity index (χ4n) is 5.08. The first-order valence-electron chi connectivity index (χ1n) is 13.1. The SMILES string of the molecule is CCOC(=O)C1=C(CN2CCCN(C(=O)c3ccc(F)cc3)CC2)N(CC)C(=O)N[C@H]1c1cccc(C)c1. The number of nitrogens with zero attached hydrogens (tertiary/aromatic N) is 3. The summed E-state index contributed by atoms with van der Waals surface area (Å²) in [5, 5.41) is 3.00. The Morgan fingerprint density at radius 1 is 1.05 bits per heavy atom. The first kappa shape index (κ1) is 27.3. The van der Waals surface area contributed by atoms with E-state index in [1.165, 1.54) is 24.3 Å². The molecule has 8 nitrogen and oxygen atoms in total. The van der Waals surface area contributed by atoms with Gasteiger partial charge in [0.25, 0.3) is 5.91 Å². The van der Waals surface area contributed by atoms with Gasteiger partial charge in [0.15, 0.2) is 0 Å². The molecule has 2 aliphatic heterocycles. The van der Waals surface area contributed by atoms with Gasteiger partial charge in [-0.15, -0.1) is 0 Å². The van der Waals surface area contributed by atoms with Crippen LogP contribution in [0.5, 0.6) is 0 Å². The Bertz CT molecular complexity index is 1210. The number of nitrogens with one attached hydrogen (secondary N) is 1. The number of amides is 3. The molecule has 3 amide bonds. The van der Waals surface area contributed by atoms with E-state index in [1.807, 2.05) is 38.1 Å². The van der Waals surface area contributed by atoms with E-state index in [0.717, 1.165) is 17.5 Å². The number of hydrogen-bond acceptors (Lipinski definition) is 5. The molecule has 2 aromatic carbocycles. The summed E-state index contributed by atoms with van der Waals surface area (Å²) in [7, 11) is 0. The van der Waals surface area contributed by atoms with Gasteiger partial charge in [0, 0.05) is 50.5 Å². The minimum absolute atomic E-state index is 0.134. The molecule has 1 atom stereocenters. The Morgan fingerprint density at radius 3 is 2.50 bits per heavy atom. The number of urea groups is 1. The molecule has 1 fully saturated rings. The number of ether oxygens (including phenoxy) is 1. The van der Waals surface area contributed by atoms with Gasteiger partial charge in [-0.3, -0.25) is 14.6 Å². The maximum atomic E-state index is 13.3. The summed E-state index contributed by atoms with van der Waals surface area (Å²) < 4.78 is 18.8. The van der Waals surface area contributed by atoms with Gasteiger partial charge in [-0.2, -0.15) is 0 Å². The van der Waals surface area contributed by atoms with E-state index in [1.54, 1.807) is 16.7 Å². The van der Waals surface area contributed by atoms with Gasteiger partial charge in [0.05, 0.1) is 18.2 Å². The summed E-state index contributed by atoms with van der Waals surface area (Å²) in [6.45, 7) is 8.92. The quantitative estimate of drug-likeness (QED) is 0.558. The summed E-state index contributed by atoms with van der Waals surface area (Å²) in [6, 6.07) is 12.5. The second kappa shape index (κ2) is 12.2. The van der Waals surface area contributed by atoms with Crippen LogP contribution in [0, 0.1) is 12.7 Å². The number of hydrogen-bond donors (Lipinski definition) is 1. The van der Waals surface area contributed by atoms with Gasteiger partial charge in [-0.05, 0) is 57.0 Å². The number of rotatable bonds is 7. The predicted octanol–water partition coefficient (Wildman–Crippen LogP) is 3.89. The lowest BCUT2D eigenvalue weighted by Crippen LogP contribution is -2.51. The minimum atomic E-state index is -0.622. The fraction of sp³-hybridized carbons (Fsp3) is 0.414. The molecule has 0 saturated carbocycles. The highest BCUT2D eigenvalue weighted by Gasteiger charge is 2.38. The third-order valence-corrected chi connectivity index (χ3v) is 6.97. The second-order valence-corrected chi connectivity index (χ2v) is 9.55. The van der Waals surface area contributed by atoms with Crippen LogP contribution in [0.25, 0.3) is 0 Å². The highest BCUT2D eigenvalue weighted by Crippen LogP contribution is 2.32. The Morgan fingerprint density at radius 2 is 1.82 bits per heavy atom. The number of aryl methyl sites for hydroxylation is 1. The fourth-order valence-corrected chi connectivity index (χ4v) is 5.08. The zero-order valence-electron chi connectivity index (χ0n) is 22.2. The normalized spacial score (nSPS) is 18.7. The molecule has 38 heavy (non-hydrogen) atoms. The molecule has 0 bridgehead atoms. The van der Waals surface area contributed by atoms with Crippen molar-refractivity contribution in [2.24, 2.45) is 0 Å². The maximum absolute atomic E-state index is 13.3. The number of benzene rings is 2. The van der Waals surface area contributed by atoms with Crippen molar-refractivity contribution < 1.29 is 23.5 Å². The summed E-state index contributed by atoms with van der Waals surface area (Å²) in [6.07, 6.45) is 0.731. The van der Waals surface area contributed by atoms with Crippen LogP contribution in [0.3, 0.4) is 0 Å². The van der Waals surface area contributed by atoms with Gasteiger partial charge in [0.2, 0.25) is 0 Å². The summed E-state index contributed by atoms with van der Waals surface area (Å²) >= 11 is 0. The van der Waals surface area contributed by atoms with Gasteiger partial charge in [-0.1, -0.05) is 29.8 Å². The lowest BCUT2D eigenvalue weighted by molar-refractivity contribution is -0.139. The number of carbonyl (C=O) groups excluding carboxylic acids is 3. The smallest absolute Gasteiger partial charge is 0.338 e. The number of carbonyl (C=O) groups is 3. The van der Waals surface area contributed by atoms with E-state index in [-0.39, 0.29) is 24.4 Å². The molecule has 0 aromatic heterocycles. The molecule has 4 rings (SSSR count).